The Balaban J connectivity index is 2.24. The number of pyridine rings is 2. The number of fused-ring (bicyclic) bond motifs is 1. The topological polar surface area (TPSA) is 56.2 Å². The molecule has 0 fully saturated rings. The molecule has 3 rings (SSSR count). The number of hydrogen-bond donors (Lipinski definition) is 1. The van der Waals surface area contributed by atoms with E-state index >= 15 is 0 Å². The summed E-state index contributed by atoms with van der Waals surface area (Å²) in [6.07, 6.45) is 3.70. The number of nitrogens with zero attached hydrogens (tertiary/aromatic N) is 3. The minimum absolute atomic E-state index is 0.645. The third-order valence-corrected chi connectivity index (χ3v) is 2.75. The smallest absolute Gasteiger partial charge is 0.139 e. The minimum atomic E-state index is 0.645. The lowest BCUT2D eigenvalue weighted by molar-refractivity contribution is 1.19. The molecule has 4 nitrogen and oxygen atoms in total. The molecule has 3 aromatic rings. The lowest BCUT2D eigenvalue weighted by Crippen LogP contribution is -1.93. The molecule has 0 spiro atoms. The molecule has 0 radical (unpaired) electrons. The number of anilines is 1. The standard InChI is InChI=1S/C13H12N4/c1-9-5-6-10(8-15-9)12-13(14)17-7-3-2-4-11(17)16-12/h2-8H,14H2,1H3. The van der Waals surface area contributed by atoms with E-state index in [2.05, 4.69) is 9.97 Å². The Kier molecular flexibility index (Phi) is 2.08. The van der Waals surface area contributed by atoms with Crippen molar-refractivity contribution in [1.82, 2.24) is 14.4 Å². The molecule has 0 aliphatic heterocycles. The van der Waals surface area contributed by atoms with Crippen molar-refractivity contribution in [3.63, 3.8) is 0 Å². The summed E-state index contributed by atoms with van der Waals surface area (Å²) in [6, 6.07) is 9.75. The van der Waals surface area contributed by atoms with Crippen molar-refractivity contribution in [2.75, 3.05) is 5.73 Å². The molecule has 0 amide bonds. The lowest BCUT2D eigenvalue weighted by atomic mass is 10.2. The summed E-state index contributed by atoms with van der Waals surface area (Å²) >= 11 is 0. The van der Waals surface area contributed by atoms with Gasteiger partial charge in [0.15, 0.2) is 0 Å². The van der Waals surface area contributed by atoms with Crippen LogP contribution in [0.4, 0.5) is 5.82 Å². The second kappa shape index (κ2) is 3.59. The van der Waals surface area contributed by atoms with Gasteiger partial charge in [0.05, 0.1) is 0 Å². The highest BCUT2D eigenvalue weighted by Crippen LogP contribution is 2.25. The van der Waals surface area contributed by atoms with E-state index in [1.54, 1.807) is 6.20 Å². The van der Waals surface area contributed by atoms with E-state index in [1.165, 1.54) is 0 Å². The number of nitrogen functional groups attached to an aromatic ring is 1. The summed E-state index contributed by atoms with van der Waals surface area (Å²) < 4.78 is 1.87. The molecule has 4 heteroatoms. The van der Waals surface area contributed by atoms with Crippen LogP contribution in [0.5, 0.6) is 0 Å². The number of imidazole rings is 1. The Labute approximate surface area is 98.8 Å². The monoisotopic (exact) mass is 224 g/mol. The predicted molar refractivity (Wildman–Crippen MR) is 67.6 cm³/mol. The van der Waals surface area contributed by atoms with Gasteiger partial charge in [0.2, 0.25) is 0 Å². The largest absolute Gasteiger partial charge is 0.383 e. The van der Waals surface area contributed by atoms with Crippen molar-refractivity contribution in [3.8, 4) is 11.3 Å². The highest BCUT2D eigenvalue weighted by atomic mass is 15.1. The summed E-state index contributed by atoms with van der Waals surface area (Å²) in [4.78, 5) is 8.77. The van der Waals surface area contributed by atoms with Crippen LogP contribution < -0.4 is 5.73 Å². The first-order valence-corrected chi connectivity index (χ1v) is 5.41. The summed E-state index contributed by atoms with van der Waals surface area (Å²) in [7, 11) is 0. The van der Waals surface area contributed by atoms with Crippen LogP contribution in [0.1, 0.15) is 5.69 Å². The van der Waals surface area contributed by atoms with E-state index in [1.807, 2.05) is 47.9 Å². The van der Waals surface area contributed by atoms with Gasteiger partial charge in [0.1, 0.15) is 17.2 Å². The van der Waals surface area contributed by atoms with Gasteiger partial charge in [0.25, 0.3) is 0 Å². The normalized spacial score (nSPS) is 10.9. The molecular weight excluding hydrogens is 212 g/mol. The summed E-state index contributed by atoms with van der Waals surface area (Å²) in [6.45, 7) is 1.96. The van der Waals surface area contributed by atoms with Gasteiger partial charge in [0, 0.05) is 23.7 Å². The number of hydrogen-bond acceptors (Lipinski definition) is 3. The Morgan fingerprint density at radius 3 is 2.76 bits per heavy atom. The molecule has 3 heterocycles. The average molecular weight is 224 g/mol. The highest BCUT2D eigenvalue weighted by molar-refractivity contribution is 5.74. The first kappa shape index (κ1) is 9.84. The molecule has 0 saturated carbocycles. The quantitative estimate of drug-likeness (QED) is 0.690. The van der Waals surface area contributed by atoms with Gasteiger partial charge in [-0.05, 0) is 31.2 Å². The fraction of sp³-hybridized carbons (Fsp3) is 0.0769. The Hall–Kier alpha value is -2.36. The fourth-order valence-corrected chi connectivity index (χ4v) is 1.84. The second-order valence-corrected chi connectivity index (χ2v) is 3.96. The van der Waals surface area contributed by atoms with Crippen LogP contribution >= 0.6 is 0 Å². The molecule has 0 aliphatic rings. The molecule has 0 aliphatic carbocycles. The number of aryl methyl sites for hydroxylation is 1. The summed E-state index contributed by atoms with van der Waals surface area (Å²) in [5, 5.41) is 0. The van der Waals surface area contributed by atoms with Crippen LogP contribution in [0.25, 0.3) is 16.9 Å². The van der Waals surface area contributed by atoms with Crippen molar-refractivity contribution in [1.29, 1.82) is 0 Å². The lowest BCUT2D eigenvalue weighted by Gasteiger charge is -1.99. The molecule has 84 valence electrons. The van der Waals surface area contributed by atoms with E-state index in [4.69, 9.17) is 5.73 Å². The van der Waals surface area contributed by atoms with Crippen LogP contribution in [0.3, 0.4) is 0 Å². The first-order valence-electron chi connectivity index (χ1n) is 5.41. The van der Waals surface area contributed by atoms with E-state index in [0.29, 0.717) is 5.82 Å². The molecule has 0 saturated heterocycles. The van der Waals surface area contributed by atoms with Gasteiger partial charge in [-0.25, -0.2) is 4.98 Å². The zero-order valence-corrected chi connectivity index (χ0v) is 9.46. The van der Waals surface area contributed by atoms with Gasteiger partial charge in [-0.2, -0.15) is 0 Å². The number of rotatable bonds is 1. The maximum atomic E-state index is 6.08. The van der Waals surface area contributed by atoms with E-state index in [0.717, 1.165) is 22.6 Å². The molecule has 17 heavy (non-hydrogen) atoms. The third kappa shape index (κ3) is 1.54. The maximum Gasteiger partial charge on any atom is 0.139 e. The number of aromatic nitrogens is 3. The van der Waals surface area contributed by atoms with Crippen molar-refractivity contribution in [3.05, 3.63) is 48.4 Å². The molecule has 0 unspecified atom stereocenters. The van der Waals surface area contributed by atoms with Crippen LogP contribution in [-0.4, -0.2) is 14.4 Å². The third-order valence-electron chi connectivity index (χ3n) is 2.75. The summed E-state index contributed by atoms with van der Waals surface area (Å²) in [5.41, 5.74) is 9.63. The zero-order valence-electron chi connectivity index (χ0n) is 9.46. The van der Waals surface area contributed by atoms with Crippen molar-refractivity contribution in [2.24, 2.45) is 0 Å². The van der Waals surface area contributed by atoms with Crippen LogP contribution in [0, 0.1) is 6.92 Å². The average Bonchev–Trinajstić information content (AvgIpc) is 2.69. The molecular formula is C13H12N4. The Morgan fingerprint density at radius 1 is 1.18 bits per heavy atom. The molecule has 2 N–H and O–H groups in total. The maximum absolute atomic E-state index is 6.08. The van der Waals surface area contributed by atoms with Gasteiger partial charge >= 0.3 is 0 Å². The molecule has 3 aromatic heterocycles. The molecule has 0 aromatic carbocycles. The second-order valence-electron chi connectivity index (χ2n) is 3.96. The zero-order chi connectivity index (χ0) is 11.8. The van der Waals surface area contributed by atoms with Crippen LogP contribution in [-0.2, 0) is 0 Å². The van der Waals surface area contributed by atoms with Gasteiger partial charge in [-0.3, -0.25) is 9.38 Å². The summed E-state index contributed by atoms with van der Waals surface area (Å²) in [5.74, 6) is 0.645. The SMILES string of the molecule is Cc1ccc(-c2nc3ccccn3c2N)cn1. The Morgan fingerprint density at radius 2 is 2.06 bits per heavy atom. The predicted octanol–water partition coefficient (Wildman–Crippen LogP) is 2.29. The first-order chi connectivity index (χ1) is 8.25. The van der Waals surface area contributed by atoms with E-state index in [-0.39, 0.29) is 0 Å². The number of nitrogens with two attached hydrogens (primary N) is 1. The minimum Gasteiger partial charge on any atom is -0.383 e. The Bertz CT molecular complexity index is 667. The van der Waals surface area contributed by atoms with Gasteiger partial charge < -0.3 is 5.73 Å². The van der Waals surface area contributed by atoms with Crippen molar-refractivity contribution < 1.29 is 0 Å². The molecule has 0 atom stereocenters. The van der Waals surface area contributed by atoms with E-state index < -0.39 is 0 Å². The van der Waals surface area contributed by atoms with Crippen molar-refractivity contribution in [2.45, 2.75) is 6.92 Å². The van der Waals surface area contributed by atoms with Gasteiger partial charge in [-0.1, -0.05) is 6.07 Å². The van der Waals surface area contributed by atoms with Crippen molar-refractivity contribution >= 4 is 11.5 Å². The van der Waals surface area contributed by atoms with Gasteiger partial charge in [-0.15, -0.1) is 0 Å². The van der Waals surface area contributed by atoms with Crippen LogP contribution in [0.2, 0.25) is 0 Å². The molecule has 0 bridgehead atoms. The van der Waals surface area contributed by atoms with E-state index in [9.17, 15) is 0 Å². The highest BCUT2D eigenvalue weighted by Gasteiger charge is 2.10. The fourth-order valence-electron chi connectivity index (χ4n) is 1.84. The van der Waals surface area contributed by atoms with Crippen LogP contribution in [0.15, 0.2) is 42.7 Å².